The zero-order valence-electron chi connectivity index (χ0n) is 11.3. The molecular weight excluding hydrogens is 222 g/mol. The van der Waals surface area contributed by atoms with Gasteiger partial charge in [0.15, 0.2) is 0 Å². The van der Waals surface area contributed by atoms with Crippen molar-refractivity contribution in [1.29, 1.82) is 0 Å². The highest BCUT2D eigenvalue weighted by molar-refractivity contribution is 5.59. The number of hydrogen-bond acceptors (Lipinski definition) is 2. The van der Waals surface area contributed by atoms with Crippen LogP contribution >= 0.6 is 0 Å². The van der Waals surface area contributed by atoms with Crippen molar-refractivity contribution in [3.63, 3.8) is 0 Å². The summed E-state index contributed by atoms with van der Waals surface area (Å²) in [5, 5.41) is 0. The third-order valence-corrected chi connectivity index (χ3v) is 4.78. The molecule has 4 rings (SSSR count). The summed E-state index contributed by atoms with van der Waals surface area (Å²) in [7, 11) is 0. The van der Waals surface area contributed by atoms with E-state index in [0.29, 0.717) is 5.92 Å². The van der Waals surface area contributed by atoms with Crippen molar-refractivity contribution < 1.29 is 4.74 Å². The Morgan fingerprint density at radius 3 is 2.56 bits per heavy atom. The van der Waals surface area contributed by atoms with Crippen LogP contribution in [0.15, 0.2) is 12.1 Å². The lowest BCUT2D eigenvalue weighted by molar-refractivity contribution is 0.111. The van der Waals surface area contributed by atoms with Crippen molar-refractivity contribution in [2.24, 2.45) is 0 Å². The van der Waals surface area contributed by atoms with Crippen molar-refractivity contribution in [3.05, 3.63) is 23.3 Å². The number of hydrogen-bond donors (Lipinski definition) is 1. The first-order chi connectivity index (χ1) is 8.49. The zero-order valence-corrected chi connectivity index (χ0v) is 11.3. The van der Waals surface area contributed by atoms with Crippen molar-refractivity contribution in [3.8, 4) is 5.75 Å². The van der Waals surface area contributed by atoms with E-state index in [1.54, 1.807) is 0 Å². The number of benzene rings is 1. The molecule has 1 heterocycles. The first kappa shape index (κ1) is 10.7. The molecule has 0 radical (unpaired) electrons. The third kappa shape index (κ3) is 1.47. The fraction of sp³-hybridized carbons (Fsp3) is 0.625. The molecule has 96 valence electrons. The molecule has 0 amide bonds. The van der Waals surface area contributed by atoms with E-state index in [-0.39, 0.29) is 11.0 Å². The first-order valence-electron chi connectivity index (χ1n) is 7.12. The molecule has 0 unspecified atom stereocenters. The van der Waals surface area contributed by atoms with Crippen molar-refractivity contribution >= 4 is 5.69 Å². The summed E-state index contributed by atoms with van der Waals surface area (Å²) in [5.41, 5.74) is 10.1. The highest BCUT2D eigenvalue weighted by atomic mass is 16.5. The molecule has 2 nitrogen and oxygen atoms in total. The van der Waals surface area contributed by atoms with Crippen LogP contribution in [0, 0.1) is 0 Å². The standard InChI is InChI=1S/C16H21NO/c1-15(2)9-16(5-6-16)18-14-12(10-3-4-10)7-11(17)8-13(14)15/h7-8,10H,3-6,9,17H2,1-2H3. The molecule has 0 aromatic heterocycles. The maximum absolute atomic E-state index is 6.40. The molecule has 18 heavy (non-hydrogen) atoms. The lowest BCUT2D eigenvalue weighted by Crippen LogP contribution is -2.36. The topological polar surface area (TPSA) is 35.2 Å². The van der Waals surface area contributed by atoms with E-state index in [4.69, 9.17) is 10.5 Å². The third-order valence-electron chi connectivity index (χ3n) is 4.78. The summed E-state index contributed by atoms with van der Waals surface area (Å²) < 4.78 is 6.40. The quantitative estimate of drug-likeness (QED) is 0.763. The molecule has 2 aliphatic carbocycles. The molecule has 0 bridgehead atoms. The van der Waals surface area contributed by atoms with Crippen LogP contribution in [-0.2, 0) is 5.41 Å². The van der Waals surface area contributed by atoms with Gasteiger partial charge in [-0.2, -0.15) is 0 Å². The summed E-state index contributed by atoms with van der Waals surface area (Å²) in [6.45, 7) is 4.68. The maximum atomic E-state index is 6.40. The highest BCUT2D eigenvalue weighted by Crippen LogP contribution is 2.58. The molecule has 1 aromatic rings. The predicted octanol–water partition coefficient (Wildman–Crippen LogP) is 3.74. The zero-order chi connectivity index (χ0) is 12.5. The maximum Gasteiger partial charge on any atom is 0.127 e. The number of anilines is 1. The number of nitrogens with two attached hydrogens (primary N) is 1. The van der Waals surface area contributed by atoms with E-state index in [2.05, 4.69) is 26.0 Å². The van der Waals surface area contributed by atoms with Gasteiger partial charge < -0.3 is 10.5 Å². The van der Waals surface area contributed by atoms with Gasteiger partial charge in [-0.15, -0.1) is 0 Å². The second-order valence-electron chi connectivity index (χ2n) is 7.11. The fourth-order valence-electron chi connectivity index (χ4n) is 3.56. The fourth-order valence-corrected chi connectivity index (χ4v) is 3.56. The Balaban J connectivity index is 1.91. The predicted molar refractivity (Wildman–Crippen MR) is 73.1 cm³/mol. The van der Waals surface area contributed by atoms with Gasteiger partial charge in [0.05, 0.1) is 0 Å². The normalized spacial score (nSPS) is 26.6. The lowest BCUT2D eigenvalue weighted by Gasteiger charge is -2.39. The van der Waals surface area contributed by atoms with Gasteiger partial charge in [0.1, 0.15) is 11.4 Å². The first-order valence-corrected chi connectivity index (χ1v) is 7.12. The average molecular weight is 243 g/mol. The van der Waals surface area contributed by atoms with Gasteiger partial charge in [-0.25, -0.2) is 0 Å². The number of nitrogen functional groups attached to an aromatic ring is 1. The Morgan fingerprint density at radius 1 is 1.22 bits per heavy atom. The van der Waals surface area contributed by atoms with Crippen LogP contribution in [0.5, 0.6) is 5.75 Å². The van der Waals surface area contributed by atoms with Crippen molar-refractivity contribution in [1.82, 2.24) is 0 Å². The minimum atomic E-state index is 0.163. The van der Waals surface area contributed by atoms with Crippen LogP contribution in [0.1, 0.15) is 63.0 Å². The second kappa shape index (κ2) is 3.04. The van der Waals surface area contributed by atoms with Crippen molar-refractivity contribution in [2.45, 2.75) is 62.9 Å². The van der Waals surface area contributed by atoms with E-state index in [0.717, 1.165) is 12.1 Å². The molecule has 2 fully saturated rings. The molecule has 2 heteroatoms. The van der Waals surface area contributed by atoms with E-state index in [1.165, 1.54) is 42.6 Å². The van der Waals surface area contributed by atoms with Crippen LogP contribution in [0.25, 0.3) is 0 Å². The molecular formula is C16H21NO. The Morgan fingerprint density at radius 2 is 1.94 bits per heavy atom. The number of rotatable bonds is 1. The van der Waals surface area contributed by atoms with Crippen LogP contribution in [0.3, 0.4) is 0 Å². The lowest BCUT2D eigenvalue weighted by atomic mass is 9.75. The Labute approximate surface area is 109 Å². The summed E-state index contributed by atoms with van der Waals surface area (Å²) in [6.07, 6.45) is 6.19. The summed E-state index contributed by atoms with van der Waals surface area (Å²) in [4.78, 5) is 0. The van der Waals surface area contributed by atoms with E-state index in [1.807, 2.05) is 0 Å². The number of fused-ring (bicyclic) bond motifs is 1. The molecule has 1 aliphatic heterocycles. The molecule has 3 aliphatic rings. The van der Waals surface area contributed by atoms with E-state index >= 15 is 0 Å². The summed E-state index contributed by atoms with van der Waals surface area (Å²) in [5.74, 6) is 1.88. The molecule has 0 atom stereocenters. The van der Waals surface area contributed by atoms with Gasteiger partial charge in [0.2, 0.25) is 0 Å². The van der Waals surface area contributed by atoms with Crippen molar-refractivity contribution in [2.75, 3.05) is 5.73 Å². The van der Waals surface area contributed by atoms with Gasteiger partial charge in [-0.05, 0) is 61.1 Å². The second-order valence-corrected chi connectivity index (χ2v) is 7.11. The monoisotopic (exact) mass is 243 g/mol. The Kier molecular flexibility index (Phi) is 1.81. The smallest absolute Gasteiger partial charge is 0.127 e. The minimum Gasteiger partial charge on any atom is -0.487 e. The van der Waals surface area contributed by atoms with Gasteiger partial charge in [-0.1, -0.05) is 13.8 Å². The van der Waals surface area contributed by atoms with Crippen LogP contribution < -0.4 is 10.5 Å². The van der Waals surface area contributed by atoms with Gasteiger partial charge in [0, 0.05) is 11.3 Å². The minimum absolute atomic E-state index is 0.163. The molecule has 1 spiro atoms. The number of ether oxygens (including phenoxy) is 1. The molecule has 1 aromatic carbocycles. The van der Waals surface area contributed by atoms with Gasteiger partial charge in [0.25, 0.3) is 0 Å². The Hall–Kier alpha value is -1.18. The van der Waals surface area contributed by atoms with Crippen LogP contribution in [0.4, 0.5) is 5.69 Å². The Bertz CT molecular complexity index is 524. The molecule has 2 saturated carbocycles. The summed E-state index contributed by atoms with van der Waals surface area (Å²) >= 11 is 0. The highest BCUT2D eigenvalue weighted by Gasteiger charge is 2.54. The van der Waals surface area contributed by atoms with E-state index in [9.17, 15) is 0 Å². The van der Waals surface area contributed by atoms with Gasteiger partial charge in [-0.3, -0.25) is 0 Å². The molecule has 2 N–H and O–H groups in total. The summed E-state index contributed by atoms with van der Waals surface area (Å²) in [6, 6.07) is 4.28. The molecule has 0 saturated heterocycles. The van der Waals surface area contributed by atoms with Gasteiger partial charge >= 0.3 is 0 Å². The van der Waals surface area contributed by atoms with Crippen LogP contribution in [-0.4, -0.2) is 5.60 Å². The largest absolute Gasteiger partial charge is 0.487 e. The van der Waals surface area contributed by atoms with E-state index < -0.39 is 0 Å². The SMILES string of the molecule is CC1(C)CC2(CC2)Oc2c(C3CC3)cc(N)cc21. The average Bonchev–Trinajstić information content (AvgIpc) is 3.14. The van der Waals surface area contributed by atoms with Crippen LogP contribution in [0.2, 0.25) is 0 Å².